The van der Waals surface area contributed by atoms with E-state index in [0.717, 1.165) is 5.39 Å². The van der Waals surface area contributed by atoms with Crippen molar-refractivity contribution in [3.8, 4) is 5.75 Å². The van der Waals surface area contributed by atoms with Gasteiger partial charge in [0.15, 0.2) is 0 Å². The van der Waals surface area contributed by atoms with E-state index in [1.165, 1.54) is 0 Å². The first-order valence-electron chi connectivity index (χ1n) is 10.3. The Morgan fingerprint density at radius 2 is 1.75 bits per heavy atom. The predicted molar refractivity (Wildman–Crippen MR) is 124 cm³/mol. The molecular weight excluding hydrogens is 430 g/mol. The van der Waals surface area contributed by atoms with Crippen LogP contribution in [0.15, 0.2) is 42.5 Å². The van der Waals surface area contributed by atoms with Crippen molar-refractivity contribution in [1.82, 2.24) is 15.2 Å². The first kappa shape index (κ1) is 23.3. The molecule has 8 heteroatoms. The molecule has 1 aromatic heterocycles. The maximum absolute atomic E-state index is 13.3. The normalized spacial score (nSPS) is 10.9. The summed E-state index contributed by atoms with van der Waals surface area (Å²) in [6.07, 6.45) is 0.0192. The zero-order valence-corrected chi connectivity index (χ0v) is 19.2. The van der Waals surface area contributed by atoms with Crippen molar-refractivity contribution in [3.63, 3.8) is 0 Å². The Labute approximate surface area is 191 Å². The lowest BCUT2D eigenvalue weighted by atomic mass is 10.1. The zero-order chi connectivity index (χ0) is 23.4. The molecule has 0 radical (unpaired) electrons. The van der Waals surface area contributed by atoms with Gasteiger partial charge in [-0.1, -0.05) is 11.6 Å². The standard InChI is InChI=1S/C24H26ClN3O4/c1-14(2)27-23(30)13-26-22(29)12-19-15(3)28(21-10-9-18(32-4)11-20(19)21)24(31)16-5-7-17(25)8-6-16/h5-11,14H,12-13H2,1-4H3,(H,26,29)(H,27,30). The third-order valence-corrected chi connectivity index (χ3v) is 5.32. The maximum Gasteiger partial charge on any atom is 0.262 e. The molecule has 0 fully saturated rings. The topological polar surface area (TPSA) is 89.4 Å². The molecule has 32 heavy (non-hydrogen) atoms. The van der Waals surface area contributed by atoms with E-state index >= 15 is 0 Å². The summed E-state index contributed by atoms with van der Waals surface area (Å²) in [6, 6.07) is 12.0. The lowest BCUT2D eigenvalue weighted by Gasteiger charge is -2.10. The molecule has 0 unspecified atom stereocenters. The van der Waals surface area contributed by atoms with Crippen LogP contribution in [0.4, 0.5) is 0 Å². The SMILES string of the molecule is COc1ccc2c(c1)c(CC(=O)NCC(=O)NC(C)C)c(C)n2C(=O)c1ccc(Cl)cc1. The van der Waals surface area contributed by atoms with Gasteiger partial charge in [-0.15, -0.1) is 0 Å². The highest BCUT2D eigenvalue weighted by Gasteiger charge is 2.22. The van der Waals surface area contributed by atoms with Crippen LogP contribution >= 0.6 is 11.6 Å². The number of halogens is 1. The van der Waals surface area contributed by atoms with Crippen LogP contribution in [0.3, 0.4) is 0 Å². The Bertz CT molecular complexity index is 1170. The van der Waals surface area contributed by atoms with E-state index in [4.69, 9.17) is 16.3 Å². The Kier molecular flexibility index (Phi) is 7.20. The number of nitrogens with one attached hydrogen (secondary N) is 2. The molecule has 168 valence electrons. The molecule has 0 spiro atoms. The molecule has 2 aromatic carbocycles. The van der Waals surface area contributed by atoms with Crippen LogP contribution in [0.25, 0.3) is 10.9 Å². The summed E-state index contributed by atoms with van der Waals surface area (Å²) in [5, 5.41) is 6.66. The minimum absolute atomic E-state index is 0.00836. The van der Waals surface area contributed by atoms with Crippen molar-refractivity contribution in [2.45, 2.75) is 33.2 Å². The van der Waals surface area contributed by atoms with Crippen molar-refractivity contribution in [3.05, 3.63) is 64.3 Å². The smallest absolute Gasteiger partial charge is 0.262 e. The summed E-state index contributed by atoms with van der Waals surface area (Å²) < 4.78 is 6.93. The number of ether oxygens (including phenoxy) is 1. The highest BCUT2D eigenvalue weighted by atomic mass is 35.5. The number of carbonyl (C=O) groups is 3. The highest BCUT2D eigenvalue weighted by Crippen LogP contribution is 2.30. The zero-order valence-electron chi connectivity index (χ0n) is 18.5. The first-order valence-corrected chi connectivity index (χ1v) is 10.6. The molecule has 0 saturated carbocycles. The van der Waals surface area contributed by atoms with E-state index in [9.17, 15) is 14.4 Å². The number of carbonyl (C=O) groups excluding carboxylic acids is 3. The predicted octanol–water partition coefficient (Wildman–Crippen LogP) is 3.48. The number of aromatic nitrogens is 1. The van der Waals surface area contributed by atoms with Gasteiger partial charge in [0, 0.05) is 27.7 Å². The minimum Gasteiger partial charge on any atom is -0.497 e. The molecule has 3 aromatic rings. The average Bonchev–Trinajstić information content (AvgIpc) is 3.02. The second-order valence-electron chi connectivity index (χ2n) is 7.77. The summed E-state index contributed by atoms with van der Waals surface area (Å²) in [5.41, 5.74) is 2.49. The highest BCUT2D eigenvalue weighted by molar-refractivity contribution is 6.30. The van der Waals surface area contributed by atoms with Crippen molar-refractivity contribution >= 4 is 40.2 Å². The summed E-state index contributed by atoms with van der Waals surface area (Å²) in [5.74, 6) is -0.177. The molecule has 0 atom stereocenters. The van der Waals surface area contributed by atoms with E-state index in [1.54, 1.807) is 55.0 Å². The van der Waals surface area contributed by atoms with Gasteiger partial charge in [0.1, 0.15) is 5.75 Å². The Morgan fingerprint density at radius 3 is 2.38 bits per heavy atom. The number of methoxy groups -OCH3 is 1. The van der Waals surface area contributed by atoms with Gasteiger partial charge in [-0.05, 0) is 68.8 Å². The van der Waals surface area contributed by atoms with Crippen molar-refractivity contribution < 1.29 is 19.1 Å². The fourth-order valence-electron chi connectivity index (χ4n) is 3.57. The van der Waals surface area contributed by atoms with E-state index < -0.39 is 0 Å². The second kappa shape index (κ2) is 9.87. The average molecular weight is 456 g/mol. The fraction of sp³-hybridized carbons (Fsp3) is 0.292. The van der Waals surface area contributed by atoms with Crippen LogP contribution in [0.5, 0.6) is 5.75 Å². The fourth-order valence-corrected chi connectivity index (χ4v) is 3.70. The van der Waals surface area contributed by atoms with Crippen LogP contribution in [-0.4, -0.2) is 42.0 Å². The molecule has 3 rings (SSSR count). The monoisotopic (exact) mass is 455 g/mol. The number of hydrogen-bond donors (Lipinski definition) is 2. The van der Waals surface area contributed by atoms with Crippen molar-refractivity contribution in [1.29, 1.82) is 0 Å². The third kappa shape index (κ3) is 5.11. The number of hydrogen-bond acceptors (Lipinski definition) is 4. The molecule has 0 aliphatic rings. The van der Waals surface area contributed by atoms with Crippen molar-refractivity contribution in [2.75, 3.05) is 13.7 Å². The number of rotatable bonds is 7. The lowest BCUT2D eigenvalue weighted by Crippen LogP contribution is -2.40. The van der Waals surface area contributed by atoms with Crippen LogP contribution in [0.2, 0.25) is 5.02 Å². The summed E-state index contributed by atoms with van der Waals surface area (Å²) >= 11 is 5.96. The van der Waals surface area contributed by atoms with E-state index in [2.05, 4.69) is 10.6 Å². The van der Waals surface area contributed by atoms with Gasteiger partial charge >= 0.3 is 0 Å². The summed E-state index contributed by atoms with van der Waals surface area (Å²) in [4.78, 5) is 37.8. The molecule has 2 amide bonds. The number of fused-ring (bicyclic) bond motifs is 1. The quantitative estimate of drug-likeness (QED) is 0.570. The minimum atomic E-state index is -0.312. The van der Waals surface area contributed by atoms with Crippen LogP contribution < -0.4 is 15.4 Å². The molecule has 0 saturated heterocycles. The van der Waals surface area contributed by atoms with Crippen LogP contribution in [0, 0.1) is 6.92 Å². The van der Waals surface area contributed by atoms with E-state index in [1.807, 2.05) is 19.9 Å². The van der Waals surface area contributed by atoms with Gasteiger partial charge in [-0.25, -0.2) is 0 Å². The Morgan fingerprint density at radius 1 is 1.06 bits per heavy atom. The number of amides is 2. The largest absolute Gasteiger partial charge is 0.497 e. The van der Waals surface area contributed by atoms with Crippen LogP contribution in [-0.2, 0) is 16.0 Å². The molecule has 0 aliphatic carbocycles. The Balaban J connectivity index is 1.96. The molecular formula is C24H26ClN3O4. The molecule has 0 bridgehead atoms. The number of benzene rings is 2. The lowest BCUT2D eigenvalue weighted by molar-refractivity contribution is -0.126. The molecule has 0 aliphatic heterocycles. The molecule has 1 heterocycles. The molecule has 7 nitrogen and oxygen atoms in total. The van der Waals surface area contributed by atoms with Gasteiger partial charge < -0.3 is 15.4 Å². The second-order valence-corrected chi connectivity index (χ2v) is 8.21. The molecule has 2 N–H and O–H groups in total. The van der Waals surface area contributed by atoms with E-state index in [-0.39, 0.29) is 36.7 Å². The van der Waals surface area contributed by atoms with Gasteiger partial charge in [0.2, 0.25) is 11.8 Å². The van der Waals surface area contributed by atoms with Crippen molar-refractivity contribution in [2.24, 2.45) is 0 Å². The Hall–Kier alpha value is -3.32. The van der Waals surface area contributed by atoms with Crippen LogP contribution in [0.1, 0.15) is 35.5 Å². The van der Waals surface area contributed by atoms with Gasteiger partial charge in [-0.3, -0.25) is 19.0 Å². The summed E-state index contributed by atoms with van der Waals surface area (Å²) in [6.45, 7) is 5.39. The van der Waals surface area contributed by atoms with Gasteiger partial charge in [-0.2, -0.15) is 0 Å². The summed E-state index contributed by atoms with van der Waals surface area (Å²) in [7, 11) is 1.56. The van der Waals surface area contributed by atoms with Gasteiger partial charge in [0.05, 0.1) is 25.6 Å². The maximum atomic E-state index is 13.3. The number of nitrogens with zero attached hydrogens (tertiary/aromatic N) is 1. The third-order valence-electron chi connectivity index (χ3n) is 5.07. The van der Waals surface area contributed by atoms with Gasteiger partial charge in [0.25, 0.3) is 5.91 Å². The van der Waals surface area contributed by atoms with E-state index in [0.29, 0.717) is 33.1 Å². The first-order chi connectivity index (χ1) is 15.2.